The molecule has 3 heterocycles. The van der Waals surface area contributed by atoms with Crippen LogP contribution in [0.1, 0.15) is 12.8 Å². The lowest BCUT2D eigenvalue weighted by Crippen LogP contribution is -2.35. The Morgan fingerprint density at radius 2 is 2.04 bits per heavy atom. The molecule has 1 fully saturated rings. The topological polar surface area (TPSA) is 83.9 Å². The number of aromatic nitrogens is 4. The second kappa shape index (κ2) is 7.05. The minimum atomic E-state index is -0.312. The number of urea groups is 1. The molecule has 0 saturated heterocycles. The number of hydrogen-bond donors (Lipinski definition) is 2. The fraction of sp³-hybridized carbons (Fsp3) is 0.235. The molecule has 0 aromatic carbocycles. The van der Waals surface area contributed by atoms with E-state index in [0.717, 1.165) is 12.8 Å². The Bertz CT molecular complexity index is 980. The van der Waals surface area contributed by atoms with Crippen molar-refractivity contribution in [2.75, 3.05) is 10.8 Å². The Kier molecular flexibility index (Phi) is 4.60. The van der Waals surface area contributed by atoms with Crippen LogP contribution < -0.4 is 9.62 Å². The summed E-state index contributed by atoms with van der Waals surface area (Å²) in [5.74, 6) is 0.962. The highest BCUT2D eigenvalue weighted by molar-refractivity contribution is 7.82. The number of carbonyl (C=O) groups excluding carboxylic acids is 1. The zero-order chi connectivity index (χ0) is 18.1. The Labute approximate surface area is 160 Å². The lowest BCUT2D eigenvalue weighted by molar-refractivity contribution is 0.249. The molecule has 4 rings (SSSR count). The summed E-state index contributed by atoms with van der Waals surface area (Å²) in [7, 11) is 0. The third-order valence-corrected chi connectivity index (χ3v) is 4.61. The zero-order valence-electron chi connectivity index (χ0n) is 13.6. The summed E-state index contributed by atoms with van der Waals surface area (Å²) in [6.45, 7) is 0.661. The van der Waals surface area contributed by atoms with Crippen molar-refractivity contribution >= 4 is 47.4 Å². The summed E-state index contributed by atoms with van der Waals surface area (Å²) < 4.78 is 1.17. The van der Waals surface area contributed by atoms with Crippen molar-refractivity contribution in [2.24, 2.45) is 5.92 Å². The Morgan fingerprint density at radius 1 is 1.19 bits per heavy atom. The molecule has 2 amide bonds. The minimum absolute atomic E-state index is 0.312. The molecule has 1 saturated carbocycles. The highest BCUT2D eigenvalue weighted by atomic mass is 35.5. The van der Waals surface area contributed by atoms with Crippen molar-refractivity contribution in [3.63, 3.8) is 0 Å². The number of carbonyl (C=O) groups is 1. The first-order valence-corrected chi connectivity index (χ1v) is 8.91. The average Bonchev–Trinajstić information content (AvgIpc) is 3.49. The van der Waals surface area contributed by atoms with E-state index in [9.17, 15) is 4.79 Å². The monoisotopic (exact) mass is 386 g/mol. The maximum Gasteiger partial charge on any atom is 0.333 e. The van der Waals surface area contributed by atoms with E-state index in [1.165, 1.54) is 4.31 Å². The second-order valence-electron chi connectivity index (χ2n) is 6.05. The summed E-state index contributed by atoms with van der Waals surface area (Å²) in [4.78, 5) is 29.6. The molecule has 1 N–H and O–H groups in total. The average molecular weight is 387 g/mol. The van der Waals surface area contributed by atoms with E-state index in [4.69, 9.17) is 11.6 Å². The highest BCUT2D eigenvalue weighted by Gasteiger charge is 2.23. The van der Waals surface area contributed by atoms with E-state index in [2.05, 4.69) is 38.1 Å². The maximum absolute atomic E-state index is 12.2. The molecular formula is C17H15ClN6OS. The first-order valence-electron chi connectivity index (χ1n) is 8.14. The summed E-state index contributed by atoms with van der Waals surface area (Å²) in [6.07, 6.45) is 3.94. The Hall–Kier alpha value is -2.45. The van der Waals surface area contributed by atoms with Crippen molar-refractivity contribution in [1.82, 2.24) is 25.3 Å². The first kappa shape index (κ1) is 17.0. The van der Waals surface area contributed by atoms with Crippen LogP contribution in [0.2, 0.25) is 5.15 Å². The van der Waals surface area contributed by atoms with Crippen LogP contribution in [-0.2, 0) is 0 Å². The van der Waals surface area contributed by atoms with E-state index >= 15 is 0 Å². The first-order chi connectivity index (χ1) is 12.6. The normalized spacial score (nSPS) is 13.6. The fourth-order valence-electron chi connectivity index (χ4n) is 2.41. The van der Waals surface area contributed by atoms with Crippen LogP contribution >= 0.6 is 24.4 Å². The van der Waals surface area contributed by atoms with Gasteiger partial charge in [0.15, 0.2) is 5.65 Å². The number of thiol groups is 1. The van der Waals surface area contributed by atoms with Crippen LogP contribution in [0.3, 0.4) is 0 Å². The number of nitrogens with one attached hydrogen (secondary N) is 1. The van der Waals surface area contributed by atoms with Gasteiger partial charge in [-0.05, 0) is 43.0 Å². The van der Waals surface area contributed by atoms with E-state index < -0.39 is 0 Å². The van der Waals surface area contributed by atoms with Gasteiger partial charge in [-0.2, -0.15) is 0 Å². The number of fused-ring (bicyclic) bond motifs is 1. The zero-order valence-corrected chi connectivity index (χ0v) is 15.3. The minimum Gasteiger partial charge on any atom is -0.337 e. The third kappa shape index (κ3) is 3.71. The van der Waals surface area contributed by atoms with E-state index in [-0.39, 0.29) is 6.03 Å². The molecule has 3 aromatic rings. The predicted octanol–water partition coefficient (Wildman–Crippen LogP) is 3.51. The van der Waals surface area contributed by atoms with Crippen molar-refractivity contribution in [1.29, 1.82) is 0 Å². The van der Waals surface area contributed by atoms with Crippen molar-refractivity contribution in [3.8, 4) is 11.4 Å². The van der Waals surface area contributed by atoms with Gasteiger partial charge >= 0.3 is 6.03 Å². The molecule has 1 aliphatic carbocycles. The molecule has 0 atom stereocenters. The van der Waals surface area contributed by atoms with Crippen LogP contribution in [0.25, 0.3) is 22.6 Å². The molecule has 0 bridgehead atoms. The Balaban J connectivity index is 1.61. The third-order valence-electron chi connectivity index (χ3n) is 4.02. The van der Waals surface area contributed by atoms with Gasteiger partial charge in [0.2, 0.25) is 0 Å². The molecule has 9 heteroatoms. The summed E-state index contributed by atoms with van der Waals surface area (Å²) >= 11 is 10.2. The van der Waals surface area contributed by atoms with Crippen LogP contribution in [-0.4, -0.2) is 32.5 Å². The lowest BCUT2D eigenvalue weighted by atomic mass is 10.3. The number of hydrogen-bond acceptors (Lipinski definition) is 6. The number of amides is 2. The van der Waals surface area contributed by atoms with Crippen molar-refractivity contribution in [3.05, 3.63) is 41.7 Å². The lowest BCUT2D eigenvalue weighted by Gasteiger charge is -2.15. The number of rotatable bonds is 4. The number of anilines is 1. The van der Waals surface area contributed by atoms with Gasteiger partial charge in [0.1, 0.15) is 22.2 Å². The van der Waals surface area contributed by atoms with Crippen molar-refractivity contribution < 1.29 is 4.79 Å². The van der Waals surface area contributed by atoms with Gasteiger partial charge in [-0.1, -0.05) is 30.5 Å². The molecule has 3 aromatic heterocycles. The van der Waals surface area contributed by atoms with Crippen LogP contribution in [0.5, 0.6) is 0 Å². The highest BCUT2D eigenvalue weighted by Crippen LogP contribution is 2.28. The summed E-state index contributed by atoms with van der Waals surface area (Å²) in [5.41, 5.74) is 2.16. The van der Waals surface area contributed by atoms with Crippen LogP contribution in [0, 0.1) is 5.92 Å². The largest absolute Gasteiger partial charge is 0.337 e. The molecule has 0 spiro atoms. The fourth-order valence-corrected chi connectivity index (χ4v) is 2.76. The van der Waals surface area contributed by atoms with Gasteiger partial charge < -0.3 is 5.32 Å². The van der Waals surface area contributed by atoms with Gasteiger partial charge in [0.25, 0.3) is 0 Å². The van der Waals surface area contributed by atoms with E-state index in [1.807, 2.05) is 0 Å². The molecular weight excluding hydrogens is 372 g/mol. The van der Waals surface area contributed by atoms with Crippen LogP contribution in [0.15, 0.2) is 36.5 Å². The van der Waals surface area contributed by atoms with Gasteiger partial charge in [-0.3, -0.25) is 4.98 Å². The molecule has 132 valence electrons. The SMILES string of the molecule is O=C(NCC1CC1)N(S)c1ccc2ncc(-c3cccc(Cl)n3)nc2n1. The number of pyridine rings is 2. The van der Waals surface area contributed by atoms with Gasteiger partial charge in [0.05, 0.1) is 11.9 Å². The molecule has 0 aliphatic heterocycles. The molecule has 1 aliphatic rings. The smallest absolute Gasteiger partial charge is 0.333 e. The molecule has 26 heavy (non-hydrogen) atoms. The van der Waals surface area contributed by atoms with Crippen molar-refractivity contribution in [2.45, 2.75) is 12.8 Å². The van der Waals surface area contributed by atoms with Gasteiger partial charge in [-0.25, -0.2) is 24.1 Å². The second-order valence-corrected chi connectivity index (χ2v) is 6.84. The molecule has 7 nitrogen and oxygen atoms in total. The molecule has 0 radical (unpaired) electrons. The summed E-state index contributed by atoms with van der Waals surface area (Å²) in [5, 5.41) is 3.22. The van der Waals surface area contributed by atoms with E-state index in [0.29, 0.717) is 46.0 Å². The van der Waals surface area contributed by atoms with Gasteiger partial charge in [0, 0.05) is 6.54 Å². The van der Waals surface area contributed by atoms with Crippen LogP contribution in [0.4, 0.5) is 10.6 Å². The number of halogens is 1. The molecule has 0 unspecified atom stereocenters. The Morgan fingerprint density at radius 3 is 2.81 bits per heavy atom. The predicted molar refractivity (Wildman–Crippen MR) is 103 cm³/mol. The number of nitrogens with zero attached hydrogens (tertiary/aromatic N) is 5. The maximum atomic E-state index is 12.2. The standard InChI is InChI=1S/C17H15ClN6OS/c18-14-3-1-2-11(21-14)13-9-19-12-6-7-15(23-16(12)22-13)24(26)17(25)20-8-10-4-5-10/h1-3,6-7,9-10,26H,4-5,8H2,(H,20,25). The summed E-state index contributed by atoms with van der Waals surface area (Å²) in [6, 6.07) is 8.39. The van der Waals surface area contributed by atoms with Gasteiger partial charge in [-0.15, -0.1) is 0 Å². The van der Waals surface area contributed by atoms with E-state index in [1.54, 1.807) is 36.5 Å². The quantitative estimate of drug-likeness (QED) is 0.529.